The van der Waals surface area contributed by atoms with Crippen LogP contribution < -0.4 is 10.1 Å². The summed E-state index contributed by atoms with van der Waals surface area (Å²) in [6.07, 6.45) is 6.37. The zero-order valence-electron chi connectivity index (χ0n) is 12.5. The van der Waals surface area contributed by atoms with Crippen LogP contribution in [0.4, 0.5) is 0 Å². The van der Waals surface area contributed by atoms with Gasteiger partial charge < -0.3 is 14.5 Å². The third-order valence-corrected chi connectivity index (χ3v) is 2.60. The molecule has 0 unspecified atom stereocenters. The predicted octanol–water partition coefficient (Wildman–Crippen LogP) is 2.96. The first-order chi connectivity index (χ1) is 9.46. The summed E-state index contributed by atoms with van der Waals surface area (Å²) in [6, 6.07) is 0. The molecule has 0 spiro atoms. The van der Waals surface area contributed by atoms with Crippen molar-refractivity contribution in [2.75, 3.05) is 0 Å². The van der Waals surface area contributed by atoms with Gasteiger partial charge in [0, 0.05) is 18.6 Å². The monoisotopic (exact) mass is 278 g/mol. The number of rotatable bonds is 6. The fourth-order valence-electron chi connectivity index (χ4n) is 1.62. The second-order valence-electron chi connectivity index (χ2n) is 5.75. The van der Waals surface area contributed by atoms with Crippen molar-refractivity contribution in [1.29, 1.82) is 0 Å². The number of oxazole rings is 1. The van der Waals surface area contributed by atoms with Crippen LogP contribution in [0.25, 0.3) is 0 Å². The quantitative estimate of drug-likeness (QED) is 0.880. The Hall–Kier alpha value is -1.82. The van der Waals surface area contributed by atoms with E-state index in [0.29, 0.717) is 12.3 Å². The lowest BCUT2D eigenvalue weighted by molar-refractivity contribution is 0.330. The number of hydrogen-bond acceptors (Lipinski definition) is 5. The molecule has 1 N–H and O–H groups in total. The van der Waals surface area contributed by atoms with E-state index in [1.165, 1.54) is 0 Å². The number of aromatic nitrogens is 3. The van der Waals surface area contributed by atoms with Gasteiger partial charge >= 0.3 is 6.08 Å². The largest absolute Gasteiger partial charge is 0.417 e. The lowest BCUT2D eigenvalue weighted by Crippen LogP contribution is -2.35. The van der Waals surface area contributed by atoms with Crippen LogP contribution in [-0.2, 0) is 13.1 Å². The van der Waals surface area contributed by atoms with E-state index in [0.717, 1.165) is 18.7 Å². The molecule has 2 aromatic rings. The summed E-state index contributed by atoms with van der Waals surface area (Å²) in [4.78, 5) is 4.28. The Kier molecular flexibility index (Phi) is 4.44. The molecule has 0 bridgehead atoms. The minimum Gasteiger partial charge on any atom is -0.417 e. The summed E-state index contributed by atoms with van der Waals surface area (Å²) >= 11 is 0. The van der Waals surface area contributed by atoms with Gasteiger partial charge in [-0.2, -0.15) is 10.1 Å². The Balaban J connectivity index is 1.91. The van der Waals surface area contributed by atoms with Crippen molar-refractivity contribution in [2.24, 2.45) is 0 Å². The van der Waals surface area contributed by atoms with Crippen molar-refractivity contribution in [1.82, 2.24) is 20.1 Å². The maximum absolute atomic E-state index is 5.53. The van der Waals surface area contributed by atoms with Crippen LogP contribution in [0.2, 0.25) is 0 Å². The minimum absolute atomic E-state index is 0.0429. The molecule has 0 aromatic carbocycles. The number of nitrogens with one attached hydrogen (secondary N) is 1. The van der Waals surface area contributed by atoms with Crippen LogP contribution in [0.3, 0.4) is 0 Å². The van der Waals surface area contributed by atoms with E-state index in [1.54, 1.807) is 12.5 Å². The first-order valence-electron chi connectivity index (χ1n) is 6.86. The average Bonchev–Trinajstić information content (AvgIpc) is 2.97. The Labute approximate surface area is 119 Å². The topological polar surface area (TPSA) is 65.1 Å². The van der Waals surface area contributed by atoms with Crippen LogP contribution in [0.15, 0.2) is 23.1 Å². The van der Waals surface area contributed by atoms with E-state index in [9.17, 15) is 0 Å². The molecule has 6 nitrogen and oxygen atoms in total. The zero-order valence-corrected chi connectivity index (χ0v) is 12.5. The summed E-state index contributed by atoms with van der Waals surface area (Å²) in [5.74, 6) is 0.635. The lowest BCUT2D eigenvalue weighted by Gasteiger charge is -2.19. The van der Waals surface area contributed by atoms with Crippen molar-refractivity contribution in [3.05, 3.63) is 24.4 Å². The highest BCUT2D eigenvalue weighted by Gasteiger charge is 2.12. The third-order valence-electron chi connectivity index (χ3n) is 2.60. The van der Waals surface area contributed by atoms with E-state index < -0.39 is 0 Å². The van der Waals surface area contributed by atoms with Gasteiger partial charge in [-0.15, -0.1) is 0 Å². The number of hydrogen-bond donors (Lipinski definition) is 1. The molecule has 2 rings (SSSR count). The smallest absolute Gasteiger partial charge is 0.399 e. The molecule has 110 valence electrons. The van der Waals surface area contributed by atoms with E-state index in [4.69, 9.17) is 9.15 Å². The molecule has 0 saturated heterocycles. The maximum atomic E-state index is 5.53. The van der Waals surface area contributed by atoms with Crippen LogP contribution in [0.5, 0.6) is 11.8 Å². The van der Waals surface area contributed by atoms with Crippen molar-refractivity contribution in [3.63, 3.8) is 0 Å². The maximum Gasteiger partial charge on any atom is 0.399 e. The van der Waals surface area contributed by atoms with Crippen molar-refractivity contribution < 1.29 is 9.15 Å². The van der Waals surface area contributed by atoms with Gasteiger partial charge in [0.15, 0.2) is 5.75 Å². The lowest BCUT2D eigenvalue weighted by atomic mass is 10.1. The highest BCUT2D eigenvalue weighted by molar-refractivity contribution is 5.16. The van der Waals surface area contributed by atoms with Crippen molar-refractivity contribution >= 4 is 0 Å². The van der Waals surface area contributed by atoms with Gasteiger partial charge in [-0.3, -0.25) is 4.68 Å². The summed E-state index contributed by atoms with van der Waals surface area (Å²) in [6.45, 7) is 9.93. The molecule has 2 aromatic heterocycles. The molecular formula is C14H22N4O2. The second kappa shape index (κ2) is 6.09. The molecule has 0 aliphatic heterocycles. The highest BCUT2D eigenvalue weighted by Crippen LogP contribution is 2.20. The molecule has 0 amide bonds. The van der Waals surface area contributed by atoms with Gasteiger partial charge in [0.1, 0.15) is 6.26 Å². The molecule has 2 heterocycles. The van der Waals surface area contributed by atoms with Gasteiger partial charge in [0.25, 0.3) is 0 Å². The molecule has 0 atom stereocenters. The highest BCUT2D eigenvalue weighted by atomic mass is 16.6. The first kappa shape index (κ1) is 14.6. The predicted molar refractivity (Wildman–Crippen MR) is 75.7 cm³/mol. The Morgan fingerprint density at radius 2 is 2.20 bits per heavy atom. The molecule has 0 aliphatic carbocycles. The fourth-order valence-corrected chi connectivity index (χ4v) is 1.62. The Bertz CT molecular complexity index is 539. The Morgan fingerprint density at radius 1 is 1.40 bits per heavy atom. The molecule has 0 aliphatic rings. The minimum atomic E-state index is 0.0429. The fraction of sp³-hybridized carbons (Fsp3) is 0.571. The van der Waals surface area contributed by atoms with Crippen LogP contribution in [-0.4, -0.2) is 20.3 Å². The van der Waals surface area contributed by atoms with Crippen LogP contribution >= 0.6 is 0 Å². The van der Waals surface area contributed by atoms with Gasteiger partial charge in [-0.05, 0) is 27.2 Å². The van der Waals surface area contributed by atoms with Crippen molar-refractivity contribution in [3.8, 4) is 11.8 Å². The first-order valence-corrected chi connectivity index (χ1v) is 6.86. The zero-order chi connectivity index (χ0) is 14.6. The third kappa shape index (κ3) is 4.38. The molecule has 0 radical (unpaired) electrons. The van der Waals surface area contributed by atoms with Crippen LogP contribution in [0, 0.1) is 0 Å². The van der Waals surface area contributed by atoms with Gasteiger partial charge in [0.2, 0.25) is 0 Å². The normalized spacial score (nSPS) is 11.8. The van der Waals surface area contributed by atoms with E-state index in [1.807, 2.05) is 10.9 Å². The standard InChI is InChI=1S/C14H22N4O2/c1-5-6-18-9-12(8-16-18)20-13-17-11(10-19-13)7-15-14(2,3)4/h8-10,15H,5-7H2,1-4H3. The number of ether oxygens (including phenoxy) is 1. The van der Waals surface area contributed by atoms with Gasteiger partial charge in [0.05, 0.1) is 18.1 Å². The molecule has 0 fully saturated rings. The van der Waals surface area contributed by atoms with E-state index >= 15 is 0 Å². The van der Waals surface area contributed by atoms with Crippen LogP contribution in [0.1, 0.15) is 39.8 Å². The number of nitrogens with zero attached hydrogens (tertiary/aromatic N) is 3. The van der Waals surface area contributed by atoms with Gasteiger partial charge in [-0.25, -0.2) is 0 Å². The van der Waals surface area contributed by atoms with E-state index in [-0.39, 0.29) is 11.6 Å². The summed E-state index contributed by atoms with van der Waals surface area (Å²) in [5.41, 5.74) is 0.859. The molecular weight excluding hydrogens is 256 g/mol. The summed E-state index contributed by atoms with van der Waals surface area (Å²) in [7, 11) is 0. The summed E-state index contributed by atoms with van der Waals surface area (Å²) < 4.78 is 12.7. The molecule has 20 heavy (non-hydrogen) atoms. The Morgan fingerprint density at radius 3 is 2.90 bits per heavy atom. The molecule has 6 heteroatoms. The summed E-state index contributed by atoms with van der Waals surface area (Å²) in [5, 5.41) is 7.53. The second-order valence-corrected chi connectivity index (χ2v) is 5.75. The number of aryl methyl sites for hydroxylation is 1. The van der Waals surface area contributed by atoms with E-state index in [2.05, 4.69) is 43.1 Å². The SMILES string of the molecule is CCCn1cc(Oc2nc(CNC(C)(C)C)co2)cn1. The van der Waals surface area contributed by atoms with Crippen molar-refractivity contribution in [2.45, 2.75) is 52.7 Å². The van der Waals surface area contributed by atoms with Gasteiger partial charge in [-0.1, -0.05) is 6.92 Å². The molecule has 0 saturated carbocycles. The average molecular weight is 278 g/mol.